The highest BCUT2D eigenvalue weighted by Gasteiger charge is 2.26. The van der Waals surface area contributed by atoms with E-state index in [0.29, 0.717) is 19.6 Å². The number of carbonyl (C=O) groups excluding carboxylic acids is 1. The molecule has 2 N–H and O–H groups in total. The fraction of sp³-hybridized carbons (Fsp3) is 0.450. The lowest BCUT2D eigenvalue weighted by Crippen LogP contribution is -2.49. The molecule has 28 heavy (non-hydrogen) atoms. The first-order valence-electron chi connectivity index (χ1n) is 9.33. The molecule has 8 heteroatoms. The van der Waals surface area contributed by atoms with Gasteiger partial charge in [0.15, 0.2) is 0 Å². The van der Waals surface area contributed by atoms with Gasteiger partial charge in [-0.3, -0.25) is 18.7 Å². The topological polar surface area (TPSA) is 90.3 Å². The highest BCUT2D eigenvalue weighted by Crippen LogP contribution is 2.18. The number of piperidine rings is 1. The number of carbonyl (C=O) groups is 1. The maximum absolute atomic E-state index is 12.7. The second kappa shape index (κ2) is 9.71. The van der Waals surface area contributed by atoms with Crippen molar-refractivity contribution in [2.24, 2.45) is 11.7 Å². The number of likely N-dealkylation sites (tertiary alicyclic amines) is 1. The molecular formula is C20H27ClN4O3. The quantitative estimate of drug-likeness (QED) is 0.804. The van der Waals surface area contributed by atoms with Gasteiger partial charge in [-0.1, -0.05) is 30.3 Å². The molecule has 1 aromatic heterocycles. The third-order valence-corrected chi connectivity index (χ3v) is 5.18. The van der Waals surface area contributed by atoms with Crippen LogP contribution in [0.4, 0.5) is 0 Å². The minimum absolute atomic E-state index is 0. The molecule has 7 nitrogen and oxygen atoms in total. The van der Waals surface area contributed by atoms with Crippen LogP contribution in [-0.2, 0) is 17.9 Å². The molecule has 0 saturated carbocycles. The maximum atomic E-state index is 12.7. The van der Waals surface area contributed by atoms with Crippen molar-refractivity contribution in [1.29, 1.82) is 0 Å². The first-order chi connectivity index (χ1) is 13.0. The van der Waals surface area contributed by atoms with Crippen molar-refractivity contribution >= 4 is 18.3 Å². The molecule has 1 aliphatic heterocycles. The van der Waals surface area contributed by atoms with Crippen LogP contribution < -0.4 is 17.0 Å². The smallest absolute Gasteiger partial charge is 0.331 e. The summed E-state index contributed by atoms with van der Waals surface area (Å²) in [5, 5.41) is 0. The van der Waals surface area contributed by atoms with Gasteiger partial charge in [0.05, 0.1) is 6.54 Å². The van der Waals surface area contributed by atoms with Crippen molar-refractivity contribution in [3.8, 4) is 0 Å². The highest BCUT2D eigenvalue weighted by atomic mass is 35.5. The molecule has 0 bridgehead atoms. The van der Waals surface area contributed by atoms with Crippen LogP contribution in [-0.4, -0.2) is 39.1 Å². The van der Waals surface area contributed by atoms with Gasteiger partial charge in [-0.25, -0.2) is 4.79 Å². The zero-order chi connectivity index (χ0) is 19.4. The average molecular weight is 407 g/mol. The monoisotopic (exact) mass is 406 g/mol. The van der Waals surface area contributed by atoms with Gasteiger partial charge in [-0.2, -0.15) is 0 Å². The molecule has 0 radical (unpaired) electrons. The zero-order valence-electron chi connectivity index (χ0n) is 16.0. The predicted octanol–water partition coefficient (Wildman–Crippen LogP) is 1.07. The summed E-state index contributed by atoms with van der Waals surface area (Å²) < 4.78 is 2.46. The molecule has 2 unspecified atom stereocenters. The van der Waals surface area contributed by atoms with E-state index in [1.54, 1.807) is 4.90 Å². The number of benzene rings is 1. The Morgan fingerprint density at radius 1 is 1.21 bits per heavy atom. The Bertz CT molecular complexity index is 908. The Morgan fingerprint density at radius 3 is 2.61 bits per heavy atom. The number of halogens is 1. The molecule has 1 aromatic carbocycles. The molecule has 1 aliphatic rings. The minimum Gasteiger partial charge on any atom is -0.341 e. The summed E-state index contributed by atoms with van der Waals surface area (Å²) in [7, 11) is 0. The molecule has 2 aromatic rings. The van der Waals surface area contributed by atoms with Crippen molar-refractivity contribution < 1.29 is 4.79 Å². The Balaban J connectivity index is 0.00000280. The molecule has 2 heterocycles. The lowest BCUT2D eigenvalue weighted by molar-refractivity contribution is -0.133. The van der Waals surface area contributed by atoms with Gasteiger partial charge in [0.25, 0.3) is 5.56 Å². The van der Waals surface area contributed by atoms with E-state index in [0.717, 1.165) is 23.0 Å². The standard InChI is InChI=1S/C20H26N4O3.ClH/c1-15(21)17-8-5-10-22(13-17)19(26)14-24-18(25)9-11-23(20(24)27)12-16-6-3-2-4-7-16;/h2-4,6-7,9,11,15,17H,5,8,10,12-14,21H2,1H3;1H. The number of nitrogens with two attached hydrogens (primary N) is 1. The van der Waals surface area contributed by atoms with E-state index in [4.69, 9.17) is 5.73 Å². The Labute approximate surface area is 170 Å². The SMILES string of the molecule is CC(N)C1CCCN(C(=O)Cn2c(=O)ccn(Cc3ccccc3)c2=O)C1.Cl. The Morgan fingerprint density at radius 2 is 1.93 bits per heavy atom. The van der Waals surface area contributed by atoms with E-state index < -0.39 is 11.2 Å². The summed E-state index contributed by atoms with van der Waals surface area (Å²) in [6, 6.07) is 10.9. The second-order valence-electron chi connectivity index (χ2n) is 7.24. The molecule has 2 atom stereocenters. The van der Waals surface area contributed by atoms with Crippen molar-refractivity contribution in [3.05, 3.63) is 69.0 Å². The Hall–Kier alpha value is -2.38. The van der Waals surface area contributed by atoms with Gasteiger partial charge in [-0.15, -0.1) is 12.4 Å². The van der Waals surface area contributed by atoms with Crippen LogP contribution in [0.2, 0.25) is 0 Å². The fourth-order valence-electron chi connectivity index (χ4n) is 3.50. The molecule has 1 saturated heterocycles. The van der Waals surface area contributed by atoms with E-state index in [9.17, 15) is 14.4 Å². The third kappa shape index (κ3) is 5.11. The van der Waals surface area contributed by atoms with Crippen LogP contribution in [0.3, 0.4) is 0 Å². The first-order valence-corrected chi connectivity index (χ1v) is 9.33. The zero-order valence-corrected chi connectivity index (χ0v) is 16.8. The van der Waals surface area contributed by atoms with E-state index in [2.05, 4.69) is 0 Å². The van der Waals surface area contributed by atoms with Gasteiger partial charge in [-0.05, 0) is 31.2 Å². The van der Waals surface area contributed by atoms with Crippen LogP contribution in [0.5, 0.6) is 0 Å². The summed E-state index contributed by atoms with van der Waals surface area (Å²) in [6.45, 7) is 3.28. The molecule has 0 aliphatic carbocycles. The Kier molecular flexibility index (Phi) is 7.60. The second-order valence-corrected chi connectivity index (χ2v) is 7.24. The van der Waals surface area contributed by atoms with E-state index in [1.807, 2.05) is 37.3 Å². The summed E-state index contributed by atoms with van der Waals surface area (Å²) in [6.07, 6.45) is 3.36. The van der Waals surface area contributed by atoms with Gasteiger partial charge in [0, 0.05) is 31.4 Å². The van der Waals surface area contributed by atoms with Crippen LogP contribution >= 0.6 is 12.4 Å². The highest BCUT2D eigenvalue weighted by molar-refractivity contribution is 5.85. The molecule has 0 spiro atoms. The molecule has 1 fully saturated rings. The molecule has 1 amide bonds. The van der Waals surface area contributed by atoms with Gasteiger partial charge in [0.1, 0.15) is 6.54 Å². The van der Waals surface area contributed by atoms with Gasteiger partial charge >= 0.3 is 5.69 Å². The van der Waals surface area contributed by atoms with E-state index in [1.165, 1.54) is 16.8 Å². The summed E-state index contributed by atoms with van der Waals surface area (Å²) >= 11 is 0. The number of hydrogen-bond donors (Lipinski definition) is 1. The minimum atomic E-state index is -0.472. The van der Waals surface area contributed by atoms with Crippen LogP contribution in [0, 0.1) is 5.92 Å². The first kappa shape index (κ1) is 21.9. The lowest BCUT2D eigenvalue weighted by atomic mass is 9.92. The van der Waals surface area contributed by atoms with E-state index >= 15 is 0 Å². The van der Waals surface area contributed by atoms with Crippen molar-refractivity contribution in [3.63, 3.8) is 0 Å². The van der Waals surface area contributed by atoms with Crippen molar-refractivity contribution in [2.45, 2.75) is 38.9 Å². The van der Waals surface area contributed by atoms with Crippen molar-refractivity contribution in [1.82, 2.24) is 14.0 Å². The number of nitrogens with zero attached hydrogens (tertiary/aromatic N) is 3. The summed E-state index contributed by atoms with van der Waals surface area (Å²) in [4.78, 5) is 39.3. The van der Waals surface area contributed by atoms with Crippen molar-refractivity contribution in [2.75, 3.05) is 13.1 Å². The van der Waals surface area contributed by atoms with Gasteiger partial charge < -0.3 is 10.6 Å². The van der Waals surface area contributed by atoms with Crippen LogP contribution in [0.15, 0.2) is 52.2 Å². The summed E-state index contributed by atoms with van der Waals surface area (Å²) in [5.41, 5.74) is 6.00. The number of amides is 1. The largest absolute Gasteiger partial charge is 0.341 e. The average Bonchev–Trinajstić information content (AvgIpc) is 2.68. The molecule has 3 rings (SSSR count). The number of hydrogen-bond acceptors (Lipinski definition) is 4. The van der Waals surface area contributed by atoms with Crippen LogP contribution in [0.25, 0.3) is 0 Å². The van der Waals surface area contributed by atoms with E-state index in [-0.39, 0.29) is 36.8 Å². The third-order valence-electron chi connectivity index (χ3n) is 5.18. The molecular weight excluding hydrogens is 380 g/mol. The van der Waals surface area contributed by atoms with Crippen LogP contribution in [0.1, 0.15) is 25.3 Å². The fourth-order valence-corrected chi connectivity index (χ4v) is 3.50. The normalized spacial score (nSPS) is 17.6. The summed E-state index contributed by atoms with van der Waals surface area (Å²) in [5.74, 6) is 0.0435. The predicted molar refractivity (Wildman–Crippen MR) is 111 cm³/mol. The molecule has 152 valence electrons. The van der Waals surface area contributed by atoms with Gasteiger partial charge in [0.2, 0.25) is 5.91 Å². The lowest BCUT2D eigenvalue weighted by Gasteiger charge is -2.34. The number of aromatic nitrogens is 2. The maximum Gasteiger partial charge on any atom is 0.331 e. The number of rotatable bonds is 5.